The van der Waals surface area contributed by atoms with Crippen molar-refractivity contribution in [2.75, 3.05) is 0 Å². The van der Waals surface area contributed by atoms with Gasteiger partial charge in [-0.2, -0.15) is 10.4 Å². The third kappa shape index (κ3) is 2.53. The Morgan fingerprint density at radius 3 is 3.22 bits per heavy atom. The van der Waals surface area contributed by atoms with E-state index in [9.17, 15) is 4.79 Å². The first-order valence-electron chi connectivity index (χ1n) is 6.38. The van der Waals surface area contributed by atoms with E-state index in [0.29, 0.717) is 12.0 Å². The fraction of sp³-hybridized carbons (Fsp3) is 0.615. The largest absolute Gasteiger partial charge is 0.458 e. The molecular weight excluding hydrogens is 230 g/mol. The molecule has 1 aromatic rings. The van der Waals surface area contributed by atoms with Crippen LogP contribution in [0.4, 0.5) is 0 Å². The SMILES string of the molecule is CC[C@@H](CC#N)OC(=O)c1cnn2c1CCCC2. The number of ether oxygens (including phenoxy) is 1. The third-order valence-corrected chi connectivity index (χ3v) is 3.25. The molecule has 96 valence electrons. The summed E-state index contributed by atoms with van der Waals surface area (Å²) in [6, 6.07) is 2.03. The second-order valence-corrected chi connectivity index (χ2v) is 4.48. The minimum absolute atomic E-state index is 0.242. The van der Waals surface area contributed by atoms with Crippen molar-refractivity contribution in [1.82, 2.24) is 9.78 Å². The zero-order valence-electron chi connectivity index (χ0n) is 10.6. The molecule has 0 aliphatic carbocycles. The number of nitrogens with zero attached hydrogens (tertiary/aromatic N) is 3. The van der Waals surface area contributed by atoms with Gasteiger partial charge in [0.2, 0.25) is 0 Å². The van der Waals surface area contributed by atoms with E-state index >= 15 is 0 Å². The quantitative estimate of drug-likeness (QED) is 0.764. The van der Waals surface area contributed by atoms with Crippen LogP contribution < -0.4 is 0 Å². The molecule has 0 saturated carbocycles. The van der Waals surface area contributed by atoms with Crippen molar-refractivity contribution in [2.45, 2.75) is 51.7 Å². The Hall–Kier alpha value is -1.83. The maximum absolute atomic E-state index is 12.0. The predicted molar refractivity (Wildman–Crippen MR) is 64.9 cm³/mol. The molecule has 0 amide bonds. The summed E-state index contributed by atoms with van der Waals surface area (Å²) < 4.78 is 7.22. The van der Waals surface area contributed by atoms with E-state index < -0.39 is 0 Å². The van der Waals surface area contributed by atoms with Crippen LogP contribution in [-0.2, 0) is 17.7 Å². The smallest absolute Gasteiger partial charge is 0.341 e. The first-order valence-corrected chi connectivity index (χ1v) is 6.38. The van der Waals surface area contributed by atoms with Crippen molar-refractivity contribution >= 4 is 5.97 Å². The summed E-state index contributed by atoms with van der Waals surface area (Å²) in [5.41, 5.74) is 1.53. The van der Waals surface area contributed by atoms with E-state index in [2.05, 4.69) is 5.10 Å². The number of nitriles is 1. The average molecular weight is 247 g/mol. The van der Waals surface area contributed by atoms with Crippen molar-refractivity contribution in [3.63, 3.8) is 0 Å². The number of carbonyl (C=O) groups is 1. The lowest BCUT2D eigenvalue weighted by Crippen LogP contribution is -2.19. The van der Waals surface area contributed by atoms with E-state index in [1.54, 1.807) is 6.20 Å². The maximum atomic E-state index is 12.0. The van der Waals surface area contributed by atoms with Crippen LogP contribution in [0.5, 0.6) is 0 Å². The molecule has 0 radical (unpaired) electrons. The van der Waals surface area contributed by atoms with Crippen molar-refractivity contribution < 1.29 is 9.53 Å². The monoisotopic (exact) mass is 247 g/mol. The summed E-state index contributed by atoms with van der Waals surface area (Å²) in [5, 5.41) is 12.9. The second-order valence-electron chi connectivity index (χ2n) is 4.48. The van der Waals surface area contributed by atoms with Gasteiger partial charge in [0.05, 0.1) is 24.4 Å². The predicted octanol–water partition coefficient (Wildman–Crippen LogP) is 2.07. The van der Waals surface area contributed by atoms with Crippen molar-refractivity contribution in [3.05, 3.63) is 17.5 Å². The molecular formula is C13H17N3O2. The Morgan fingerprint density at radius 1 is 1.67 bits per heavy atom. The fourth-order valence-electron chi connectivity index (χ4n) is 2.18. The molecule has 0 spiro atoms. The van der Waals surface area contributed by atoms with Gasteiger partial charge in [0.25, 0.3) is 0 Å². The molecule has 1 atom stereocenters. The van der Waals surface area contributed by atoms with E-state index in [4.69, 9.17) is 10.00 Å². The summed E-state index contributed by atoms with van der Waals surface area (Å²) in [7, 11) is 0. The number of hydrogen-bond acceptors (Lipinski definition) is 4. The molecule has 0 N–H and O–H groups in total. The number of hydrogen-bond donors (Lipinski definition) is 0. The molecule has 0 unspecified atom stereocenters. The van der Waals surface area contributed by atoms with Crippen molar-refractivity contribution in [3.8, 4) is 6.07 Å². The number of esters is 1. The summed E-state index contributed by atoms with van der Waals surface area (Å²) in [4.78, 5) is 12.0. The van der Waals surface area contributed by atoms with Crippen LogP contribution in [0.3, 0.4) is 0 Å². The normalized spacial score (nSPS) is 15.6. The highest BCUT2D eigenvalue weighted by molar-refractivity contribution is 5.90. The van der Waals surface area contributed by atoms with Gasteiger partial charge >= 0.3 is 5.97 Å². The molecule has 5 nitrogen and oxygen atoms in total. The molecule has 0 saturated heterocycles. The van der Waals surface area contributed by atoms with Gasteiger partial charge in [0, 0.05) is 6.54 Å². The van der Waals surface area contributed by atoms with Gasteiger partial charge < -0.3 is 4.74 Å². The average Bonchev–Trinajstić information content (AvgIpc) is 2.82. The highest BCUT2D eigenvalue weighted by Crippen LogP contribution is 2.19. The van der Waals surface area contributed by atoms with Gasteiger partial charge in [0.1, 0.15) is 11.7 Å². The lowest BCUT2D eigenvalue weighted by Gasteiger charge is -2.16. The molecule has 1 aliphatic rings. The number of rotatable bonds is 4. The molecule has 18 heavy (non-hydrogen) atoms. The van der Waals surface area contributed by atoms with E-state index in [1.807, 2.05) is 17.7 Å². The summed E-state index contributed by atoms with van der Waals surface area (Å²) in [6.07, 6.45) is 5.23. The first kappa shape index (κ1) is 12.6. The lowest BCUT2D eigenvalue weighted by molar-refractivity contribution is 0.0302. The van der Waals surface area contributed by atoms with Crippen molar-refractivity contribution in [2.24, 2.45) is 0 Å². The van der Waals surface area contributed by atoms with Crippen LogP contribution in [0, 0.1) is 11.3 Å². The van der Waals surface area contributed by atoms with Crippen LogP contribution in [0.25, 0.3) is 0 Å². The molecule has 0 bridgehead atoms. The number of aryl methyl sites for hydroxylation is 1. The van der Waals surface area contributed by atoms with Crippen LogP contribution in [-0.4, -0.2) is 21.9 Å². The third-order valence-electron chi connectivity index (χ3n) is 3.25. The van der Waals surface area contributed by atoms with Crippen LogP contribution in [0.15, 0.2) is 6.20 Å². The van der Waals surface area contributed by atoms with Crippen LogP contribution >= 0.6 is 0 Å². The summed E-state index contributed by atoms with van der Waals surface area (Å²) in [5.74, 6) is -0.347. The zero-order chi connectivity index (χ0) is 13.0. The van der Waals surface area contributed by atoms with Gasteiger partial charge in [0.15, 0.2) is 0 Å². The van der Waals surface area contributed by atoms with Crippen LogP contribution in [0.1, 0.15) is 48.7 Å². The Bertz CT molecular complexity index is 473. The molecule has 0 fully saturated rings. The fourth-order valence-corrected chi connectivity index (χ4v) is 2.18. The Balaban J connectivity index is 2.09. The molecule has 1 aromatic heterocycles. The number of aromatic nitrogens is 2. The summed E-state index contributed by atoms with van der Waals surface area (Å²) >= 11 is 0. The molecule has 5 heteroatoms. The number of carbonyl (C=O) groups excluding carboxylic acids is 1. The van der Waals surface area contributed by atoms with Crippen LogP contribution in [0.2, 0.25) is 0 Å². The van der Waals surface area contributed by atoms with E-state index in [-0.39, 0.29) is 18.5 Å². The topological polar surface area (TPSA) is 67.9 Å². The second kappa shape index (κ2) is 5.67. The Kier molecular flexibility index (Phi) is 3.98. The highest BCUT2D eigenvalue weighted by atomic mass is 16.5. The van der Waals surface area contributed by atoms with Gasteiger partial charge in [-0.1, -0.05) is 6.92 Å². The zero-order valence-corrected chi connectivity index (χ0v) is 10.6. The number of fused-ring (bicyclic) bond motifs is 1. The van der Waals surface area contributed by atoms with Gasteiger partial charge in [-0.3, -0.25) is 4.68 Å². The lowest BCUT2D eigenvalue weighted by atomic mass is 10.1. The minimum Gasteiger partial charge on any atom is -0.458 e. The molecule has 2 rings (SSSR count). The van der Waals surface area contributed by atoms with E-state index in [0.717, 1.165) is 31.5 Å². The highest BCUT2D eigenvalue weighted by Gasteiger charge is 2.22. The minimum atomic E-state index is -0.347. The molecule has 2 heterocycles. The van der Waals surface area contributed by atoms with Gasteiger partial charge in [-0.15, -0.1) is 0 Å². The first-order chi connectivity index (χ1) is 8.76. The van der Waals surface area contributed by atoms with Crippen molar-refractivity contribution in [1.29, 1.82) is 5.26 Å². The summed E-state index contributed by atoms with van der Waals surface area (Å²) in [6.45, 7) is 2.78. The van der Waals surface area contributed by atoms with Gasteiger partial charge in [-0.05, 0) is 25.7 Å². The maximum Gasteiger partial charge on any atom is 0.341 e. The Labute approximate surface area is 106 Å². The molecule has 1 aliphatic heterocycles. The standard InChI is InChI=1S/C13H17N3O2/c1-2-10(6-7-14)18-13(17)11-9-15-16-8-4-3-5-12(11)16/h9-10H,2-6,8H2,1H3/t10-/m0/s1. The Morgan fingerprint density at radius 2 is 2.50 bits per heavy atom. The molecule has 0 aromatic carbocycles. The van der Waals surface area contributed by atoms with E-state index in [1.165, 1.54) is 0 Å². The van der Waals surface area contributed by atoms with Gasteiger partial charge in [-0.25, -0.2) is 4.79 Å².